The molecular formula is C12H18O2S. The molecule has 84 valence electrons. The van der Waals surface area contributed by atoms with Crippen molar-refractivity contribution >= 4 is 17.3 Å². The van der Waals surface area contributed by atoms with Crippen LogP contribution in [-0.4, -0.2) is 11.1 Å². The average Bonchev–Trinajstić information content (AvgIpc) is 2.65. The van der Waals surface area contributed by atoms with Crippen molar-refractivity contribution in [1.82, 2.24) is 0 Å². The SMILES string of the molecule is CCCC(Cc1ccc(CC)s1)C(=O)O. The molecule has 2 nitrogen and oxygen atoms in total. The Labute approximate surface area is 94.9 Å². The van der Waals surface area contributed by atoms with E-state index in [0.717, 1.165) is 19.3 Å². The number of thiophene rings is 1. The van der Waals surface area contributed by atoms with Crippen LogP contribution in [0.2, 0.25) is 0 Å². The smallest absolute Gasteiger partial charge is 0.306 e. The molecule has 0 spiro atoms. The van der Waals surface area contributed by atoms with Gasteiger partial charge in [-0.3, -0.25) is 4.79 Å². The molecule has 0 bridgehead atoms. The van der Waals surface area contributed by atoms with Crippen molar-refractivity contribution < 1.29 is 9.90 Å². The molecule has 0 aromatic carbocycles. The van der Waals surface area contributed by atoms with Gasteiger partial charge in [0, 0.05) is 9.75 Å². The monoisotopic (exact) mass is 226 g/mol. The number of carbonyl (C=O) groups is 1. The topological polar surface area (TPSA) is 37.3 Å². The van der Waals surface area contributed by atoms with E-state index in [1.54, 1.807) is 11.3 Å². The lowest BCUT2D eigenvalue weighted by Gasteiger charge is -2.08. The summed E-state index contributed by atoms with van der Waals surface area (Å²) in [5.41, 5.74) is 0. The van der Waals surface area contributed by atoms with E-state index in [0.29, 0.717) is 6.42 Å². The number of hydrogen-bond donors (Lipinski definition) is 1. The molecule has 0 fully saturated rings. The van der Waals surface area contributed by atoms with Crippen LogP contribution in [0.5, 0.6) is 0 Å². The molecule has 1 rings (SSSR count). The van der Waals surface area contributed by atoms with E-state index in [-0.39, 0.29) is 5.92 Å². The molecule has 1 aromatic heterocycles. The second-order valence-corrected chi connectivity index (χ2v) is 5.00. The molecule has 1 aromatic rings. The molecule has 0 aliphatic rings. The van der Waals surface area contributed by atoms with Crippen molar-refractivity contribution in [3.8, 4) is 0 Å². The Bertz CT molecular complexity index is 317. The molecule has 15 heavy (non-hydrogen) atoms. The van der Waals surface area contributed by atoms with E-state index in [1.807, 2.05) is 6.92 Å². The van der Waals surface area contributed by atoms with E-state index in [1.165, 1.54) is 9.75 Å². The summed E-state index contributed by atoms with van der Waals surface area (Å²) < 4.78 is 0. The number of rotatable bonds is 6. The second kappa shape index (κ2) is 5.91. The molecule has 1 atom stereocenters. The number of carboxylic acids is 1. The Morgan fingerprint density at radius 1 is 1.40 bits per heavy atom. The molecule has 1 unspecified atom stereocenters. The van der Waals surface area contributed by atoms with E-state index in [2.05, 4.69) is 19.1 Å². The maximum Gasteiger partial charge on any atom is 0.306 e. The van der Waals surface area contributed by atoms with Crippen LogP contribution in [0.1, 0.15) is 36.4 Å². The van der Waals surface area contributed by atoms with Crippen LogP contribution in [-0.2, 0) is 17.6 Å². The largest absolute Gasteiger partial charge is 0.481 e. The maximum atomic E-state index is 11.0. The molecule has 1 heterocycles. The van der Waals surface area contributed by atoms with Gasteiger partial charge < -0.3 is 5.11 Å². The van der Waals surface area contributed by atoms with Gasteiger partial charge >= 0.3 is 5.97 Å². The first-order valence-electron chi connectivity index (χ1n) is 5.47. The number of aryl methyl sites for hydroxylation is 1. The molecule has 0 saturated heterocycles. The average molecular weight is 226 g/mol. The molecule has 1 N–H and O–H groups in total. The summed E-state index contributed by atoms with van der Waals surface area (Å²) in [6.45, 7) is 4.15. The van der Waals surface area contributed by atoms with Crippen molar-refractivity contribution in [3.63, 3.8) is 0 Å². The van der Waals surface area contributed by atoms with Gasteiger partial charge in [-0.25, -0.2) is 0 Å². The zero-order chi connectivity index (χ0) is 11.3. The minimum absolute atomic E-state index is 0.210. The fourth-order valence-electron chi connectivity index (χ4n) is 1.63. The molecule has 0 radical (unpaired) electrons. The van der Waals surface area contributed by atoms with Gasteiger partial charge in [0.25, 0.3) is 0 Å². The van der Waals surface area contributed by atoms with Gasteiger partial charge in [0.2, 0.25) is 0 Å². The summed E-state index contributed by atoms with van der Waals surface area (Å²) >= 11 is 1.74. The zero-order valence-corrected chi connectivity index (χ0v) is 10.1. The minimum atomic E-state index is -0.664. The quantitative estimate of drug-likeness (QED) is 0.807. The van der Waals surface area contributed by atoms with Crippen LogP contribution >= 0.6 is 11.3 Å². The van der Waals surface area contributed by atoms with Gasteiger partial charge in [0.05, 0.1) is 5.92 Å². The van der Waals surface area contributed by atoms with Gasteiger partial charge in [-0.2, -0.15) is 0 Å². The van der Waals surface area contributed by atoms with E-state index in [4.69, 9.17) is 5.11 Å². The Hall–Kier alpha value is -0.830. The molecule has 0 aliphatic heterocycles. The molecule has 0 saturated carbocycles. The Morgan fingerprint density at radius 2 is 2.07 bits per heavy atom. The van der Waals surface area contributed by atoms with Crippen LogP contribution in [0.3, 0.4) is 0 Å². The van der Waals surface area contributed by atoms with Crippen LogP contribution < -0.4 is 0 Å². The van der Waals surface area contributed by atoms with E-state index in [9.17, 15) is 4.79 Å². The van der Waals surface area contributed by atoms with Crippen molar-refractivity contribution in [2.75, 3.05) is 0 Å². The summed E-state index contributed by atoms with van der Waals surface area (Å²) in [4.78, 5) is 13.5. The van der Waals surface area contributed by atoms with Crippen LogP contribution in [0.15, 0.2) is 12.1 Å². The fraction of sp³-hybridized carbons (Fsp3) is 0.583. The summed E-state index contributed by atoms with van der Waals surface area (Å²) in [6.07, 6.45) is 3.43. The van der Waals surface area contributed by atoms with Gasteiger partial charge in [-0.1, -0.05) is 20.3 Å². The van der Waals surface area contributed by atoms with Crippen LogP contribution in [0, 0.1) is 5.92 Å². The highest BCUT2D eigenvalue weighted by Crippen LogP contribution is 2.22. The van der Waals surface area contributed by atoms with Crippen molar-refractivity contribution in [3.05, 3.63) is 21.9 Å². The predicted octanol–water partition coefficient (Wildman–Crippen LogP) is 3.35. The van der Waals surface area contributed by atoms with Gasteiger partial charge in [-0.15, -0.1) is 11.3 Å². The predicted molar refractivity (Wildman–Crippen MR) is 63.4 cm³/mol. The minimum Gasteiger partial charge on any atom is -0.481 e. The third-order valence-corrected chi connectivity index (χ3v) is 3.75. The highest BCUT2D eigenvalue weighted by atomic mass is 32.1. The third-order valence-electron chi connectivity index (χ3n) is 2.50. The highest BCUT2D eigenvalue weighted by molar-refractivity contribution is 7.11. The van der Waals surface area contributed by atoms with Gasteiger partial charge in [0.1, 0.15) is 0 Å². The summed E-state index contributed by atoms with van der Waals surface area (Å²) in [6, 6.07) is 4.17. The lowest BCUT2D eigenvalue weighted by molar-refractivity contribution is -0.141. The zero-order valence-electron chi connectivity index (χ0n) is 9.32. The molecule has 0 aliphatic carbocycles. The molecule has 3 heteroatoms. The second-order valence-electron chi connectivity index (χ2n) is 3.75. The molecule has 0 amide bonds. The normalized spacial score (nSPS) is 12.7. The Balaban J connectivity index is 2.61. The first-order chi connectivity index (χ1) is 7.17. The van der Waals surface area contributed by atoms with E-state index >= 15 is 0 Å². The van der Waals surface area contributed by atoms with Crippen molar-refractivity contribution in [1.29, 1.82) is 0 Å². The first-order valence-corrected chi connectivity index (χ1v) is 6.29. The highest BCUT2D eigenvalue weighted by Gasteiger charge is 2.17. The maximum absolute atomic E-state index is 11.0. The summed E-state index contributed by atoms with van der Waals surface area (Å²) in [7, 11) is 0. The lowest BCUT2D eigenvalue weighted by Crippen LogP contribution is -2.15. The summed E-state index contributed by atoms with van der Waals surface area (Å²) in [5, 5.41) is 9.03. The molecular weight excluding hydrogens is 208 g/mol. The van der Waals surface area contributed by atoms with Crippen molar-refractivity contribution in [2.24, 2.45) is 5.92 Å². The number of aliphatic carboxylic acids is 1. The fourth-order valence-corrected chi connectivity index (χ4v) is 2.66. The Kier molecular flexibility index (Phi) is 4.82. The third kappa shape index (κ3) is 3.67. The van der Waals surface area contributed by atoms with Crippen LogP contribution in [0.4, 0.5) is 0 Å². The van der Waals surface area contributed by atoms with Gasteiger partial charge in [-0.05, 0) is 31.4 Å². The lowest BCUT2D eigenvalue weighted by atomic mass is 9.99. The van der Waals surface area contributed by atoms with Crippen molar-refractivity contribution in [2.45, 2.75) is 39.5 Å². The summed E-state index contributed by atoms with van der Waals surface area (Å²) in [5.74, 6) is -0.873. The van der Waals surface area contributed by atoms with E-state index < -0.39 is 5.97 Å². The Morgan fingerprint density at radius 3 is 2.53 bits per heavy atom. The van der Waals surface area contributed by atoms with Crippen LogP contribution in [0.25, 0.3) is 0 Å². The van der Waals surface area contributed by atoms with Gasteiger partial charge in [0.15, 0.2) is 0 Å². The number of hydrogen-bond acceptors (Lipinski definition) is 2. The number of carboxylic acid groups (broad SMARTS) is 1. The standard InChI is InChI=1S/C12H18O2S/c1-3-5-9(12(13)14)8-11-7-6-10(4-2)15-11/h6-7,9H,3-5,8H2,1-2H3,(H,13,14). The first kappa shape index (κ1) is 12.2.